The standard InChI is InChI=1S/C22H20ClNO3/c23-20-11-14(2-6-22(26)27)1-4-17(20)16-3-5-21(25)18(12-16)19-13-24-9-7-15(19)8-10-24/h1-6,11-13,15,25H,7-10H2,(H,26,27)/b6-2+. The summed E-state index contributed by atoms with van der Waals surface area (Å²) >= 11 is 6.45. The van der Waals surface area contributed by atoms with Gasteiger partial charge in [-0.15, -0.1) is 0 Å². The largest absolute Gasteiger partial charge is 0.507 e. The Morgan fingerprint density at radius 2 is 1.89 bits per heavy atom. The van der Waals surface area contributed by atoms with Gasteiger partial charge in [0.25, 0.3) is 0 Å². The molecule has 0 unspecified atom stereocenters. The van der Waals surface area contributed by atoms with Crippen LogP contribution in [0.25, 0.3) is 22.8 Å². The number of allylic oxidation sites excluding steroid dienone is 1. The molecule has 2 aromatic rings. The third-order valence-corrected chi connectivity index (χ3v) is 5.63. The predicted octanol–water partition coefficient (Wildman–Crippen LogP) is 4.88. The number of hydrogen-bond acceptors (Lipinski definition) is 3. The summed E-state index contributed by atoms with van der Waals surface area (Å²) in [4.78, 5) is 13.0. The first kappa shape index (κ1) is 17.7. The fourth-order valence-corrected chi connectivity index (χ4v) is 4.20. The number of carboxylic acid groups (broad SMARTS) is 1. The fourth-order valence-electron chi connectivity index (χ4n) is 3.90. The molecule has 0 radical (unpaired) electrons. The van der Waals surface area contributed by atoms with Crippen LogP contribution in [0.2, 0.25) is 5.02 Å². The van der Waals surface area contributed by atoms with Gasteiger partial charge < -0.3 is 15.1 Å². The molecule has 3 aliphatic heterocycles. The molecule has 0 aliphatic carbocycles. The van der Waals surface area contributed by atoms with E-state index < -0.39 is 5.97 Å². The SMILES string of the molecule is O=C(O)/C=C/c1ccc(-c2ccc(O)c(C3=CN4CCC3CC4)c2)c(Cl)c1. The van der Waals surface area contributed by atoms with E-state index in [0.29, 0.717) is 10.9 Å². The summed E-state index contributed by atoms with van der Waals surface area (Å²) in [6.07, 6.45) is 7.03. The Hall–Kier alpha value is -2.72. The molecule has 0 saturated carbocycles. The highest BCUT2D eigenvalue weighted by atomic mass is 35.5. The van der Waals surface area contributed by atoms with Crippen LogP contribution >= 0.6 is 11.6 Å². The minimum atomic E-state index is -0.996. The van der Waals surface area contributed by atoms with E-state index >= 15 is 0 Å². The minimum Gasteiger partial charge on any atom is -0.507 e. The average molecular weight is 382 g/mol. The summed E-state index contributed by atoms with van der Waals surface area (Å²) in [5.41, 5.74) is 4.58. The maximum atomic E-state index is 10.7. The number of halogens is 1. The molecule has 2 bridgehead atoms. The van der Waals surface area contributed by atoms with Crippen molar-refractivity contribution in [2.24, 2.45) is 5.92 Å². The number of carboxylic acids is 1. The van der Waals surface area contributed by atoms with Crippen molar-refractivity contribution in [2.75, 3.05) is 13.1 Å². The second-order valence-corrected chi connectivity index (χ2v) is 7.44. The van der Waals surface area contributed by atoms with Gasteiger partial charge in [0.2, 0.25) is 0 Å². The van der Waals surface area contributed by atoms with Crippen LogP contribution in [0.15, 0.2) is 48.7 Å². The predicted molar refractivity (Wildman–Crippen MR) is 107 cm³/mol. The van der Waals surface area contributed by atoms with Crippen molar-refractivity contribution in [3.8, 4) is 16.9 Å². The van der Waals surface area contributed by atoms with E-state index in [1.807, 2.05) is 24.3 Å². The Kier molecular flexibility index (Phi) is 4.66. The van der Waals surface area contributed by atoms with Gasteiger partial charge in [-0.1, -0.05) is 29.8 Å². The zero-order chi connectivity index (χ0) is 19.0. The van der Waals surface area contributed by atoms with Crippen molar-refractivity contribution in [3.63, 3.8) is 0 Å². The molecule has 2 aromatic carbocycles. The number of hydrogen-bond donors (Lipinski definition) is 2. The van der Waals surface area contributed by atoms with Crippen LogP contribution in [0.1, 0.15) is 24.0 Å². The van der Waals surface area contributed by atoms with Crippen molar-refractivity contribution in [1.29, 1.82) is 0 Å². The number of phenols is 1. The number of benzene rings is 2. The molecular weight excluding hydrogens is 362 g/mol. The lowest BCUT2D eigenvalue weighted by Crippen LogP contribution is -2.35. The van der Waals surface area contributed by atoms with E-state index in [2.05, 4.69) is 11.1 Å². The van der Waals surface area contributed by atoms with Gasteiger partial charge in [-0.2, -0.15) is 0 Å². The van der Waals surface area contributed by atoms with Crippen LogP contribution in [0.3, 0.4) is 0 Å². The topological polar surface area (TPSA) is 60.8 Å². The van der Waals surface area contributed by atoms with E-state index in [1.54, 1.807) is 12.1 Å². The van der Waals surface area contributed by atoms with Gasteiger partial charge >= 0.3 is 5.97 Å². The summed E-state index contributed by atoms with van der Waals surface area (Å²) in [5.74, 6) is -0.213. The van der Waals surface area contributed by atoms with Crippen molar-refractivity contribution < 1.29 is 15.0 Å². The maximum absolute atomic E-state index is 10.7. The van der Waals surface area contributed by atoms with E-state index in [1.165, 1.54) is 11.6 Å². The number of piperidine rings is 1. The van der Waals surface area contributed by atoms with E-state index in [-0.39, 0.29) is 5.75 Å². The Morgan fingerprint density at radius 3 is 2.52 bits per heavy atom. The Bertz CT molecular complexity index is 956. The molecule has 4 nitrogen and oxygen atoms in total. The van der Waals surface area contributed by atoms with Crippen molar-refractivity contribution in [1.82, 2.24) is 4.90 Å². The van der Waals surface area contributed by atoms with Crippen LogP contribution < -0.4 is 0 Å². The van der Waals surface area contributed by atoms with Crippen LogP contribution in [0.5, 0.6) is 5.75 Å². The fraction of sp³-hybridized carbons (Fsp3) is 0.227. The summed E-state index contributed by atoms with van der Waals surface area (Å²) < 4.78 is 0. The Morgan fingerprint density at radius 1 is 1.11 bits per heavy atom. The van der Waals surface area contributed by atoms with Gasteiger partial charge in [-0.3, -0.25) is 0 Å². The molecular formula is C22H20ClNO3. The number of phenolic OH excluding ortho intramolecular Hbond substituents is 1. The number of fused-ring (bicyclic) bond motifs is 2. The number of nitrogens with zero attached hydrogens (tertiary/aromatic N) is 1. The van der Waals surface area contributed by atoms with Crippen molar-refractivity contribution in [2.45, 2.75) is 12.8 Å². The van der Waals surface area contributed by atoms with Crippen LogP contribution in [-0.4, -0.2) is 34.2 Å². The molecule has 5 rings (SSSR count). The number of aromatic hydroxyl groups is 1. The molecule has 0 atom stereocenters. The molecule has 1 fully saturated rings. The third kappa shape index (κ3) is 3.58. The zero-order valence-electron chi connectivity index (χ0n) is 14.7. The van der Waals surface area contributed by atoms with Crippen molar-refractivity contribution in [3.05, 3.63) is 64.8 Å². The second kappa shape index (κ2) is 7.12. The van der Waals surface area contributed by atoms with Gasteiger partial charge in [0, 0.05) is 41.5 Å². The van der Waals surface area contributed by atoms with Gasteiger partial charge in [0.15, 0.2) is 0 Å². The van der Waals surface area contributed by atoms with Gasteiger partial charge in [0.05, 0.1) is 0 Å². The molecule has 3 aliphatic rings. The lowest BCUT2D eigenvalue weighted by atomic mass is 9.81. The number of carbonyl (C=O) groups is 1. The molecule has 27 heavy (non-hydrogen) atoms. The first-order valence-electron chi connectivity index (χ1n) is 9.01. The molecule has 138 valence electrons. The van der Waals surface area contributed by atoms with Crippen LogP contribution in [-0.2, 0) is 4.79 Å². The third-order valence-electron chi connectivity index (χ3n) is 5.32. The van der Waals surface area contributed by atoms with E-state index in [0.717, 1.165) is 54.3 Å². The Balaban J connectivity index is 1.70. The maximum Gasteiger partial charge on any atom is 0.328 e. The molecule has 5 heteroatoms. The minimum absolute atomic E-state index is 0.288. The lowest BCUT2D eigenvalue weighted by molar-refractivity contribution is -0.131. The lowest BCUT2D eigenvalue weighted by Gasteiger charge is -2.39. The zero-order valence-corrected chi connectivity index (χ0v) is 15.5. The highest BCUT2D eigenvalue weighted by Crippen LogP contribution is 2.42. The first-order chi connectivity index (χ1) is 13.0. The molecule has 2 N–H and O–H groups in total. The van der Waals surface area contributed by atoms with Crippen LogP contribution in [0.4, 0.5) is 0 Å². The normalized spacial score (nSPS) is 16.8. The van der Waals surface area contributed by atoms with Crippen molar-refractivity contribution >= 4 is 29.2 Å². The highest BCUT2D eigenvalue weighted by molar-refractivity contribution is 6.33. The molecule has 0 amide bonds. The molecule has 3 heterocycles. The van der Waals surface area contributed by atoms with Gasteiger partial charge in [0.1, 0.15) is 5.75 Å². The second-order valence-electron chi connectivity index (χ2n) is 7.04. The smallest absolute Gasteiger partial charge is 0.328 e. The summed E-state index contributed by atoms with van der Waals surface area (Å²) in [6, 6.07) is 11.0. The van der Waals surface area contributed by atoms with Gasteiger partial charge in [-0.25, -0.2) is 4.79 Å². The number of rotatable bonds is 4. The average Bonchev–Trinajstić information content (AvgIpc) is 2.68. The van der Waals surface area contributed by atoms with E-state index in [9.17, 15) is 9.90 Å². The summed E-state index contributed by atoms with van der Waals surface area (Å²) in [7, 11) is 0. The molecule has 0 aromatic heterocycles. The molecule has 1 saturated heterocycles. The van der Waals surface area contributed by atoms with Crippen LogP contribution in [0, 0.1) is 5.92 Å². The quantitative estimate of drug-likeness (QED) is 0.741. The van der Waals surface area contributed by atoms with E-state index in [4.69, 9.17) is 16.7 Å². The summed E-state index contributed by atoms with van der Waals surface area (Å²) in [5, 5.41) is 19.7. The first-order valence-corrected chi connectivity index (χ1v) is 9.39. The summed E-state index contributed by atoms with van der Waals surface area (Å²) in [6.45, 7) is 2.18. The molecule has 0 spiro atoms. The van der Waals surface area contributed by atoms with Gasteiger partial charge in [-0.05, 0) is 59.7 Å². The monoisotopic (exact) mass is 381 g/mol. The highest BCUT2D eigenvalue weighted by Gasteiger charge is 2.29. The Labute approximate surface area is 163 Å². The number of aliphatic carboxylic acids is 1.